The highest BCUT2D eigenvalue weighted by molar-refractivity contribution is 6.30. The van der Waals surface area contributed by atoms with Crippen molar-refractivity contribution in [3.05, 3.63) is 17.5 Å². The molecule has 4 N–H and O–H groups in total. The van der Waals surface area contributed by atoms with E-state index in [4.69, 9.17) is 27.2 Å². The highest BCUT2D eigenvalue weighted by Gasteiger charge is 2.35. The summed E-state index contributed by atoms with van der Waals surface area (Å²) in [5, 5.41) is 19.3. The van der Waals surface area contributed by atoms with Crippen molar-refractivity contribution in [2.24, 2.45) is 0 Å². The van der Waals surface area contributed by atoms with Gasteiger partial charge in [-0.15, -0.1) is 0 Å². The number of rotatable bonds is 2. The van der Waals surface area contributed by atoms with Gasteiger partial charge in [-0.25, -0.2) is 9.97 Å². The van der Waals surface area contributed by atoms with E-state index in [1.807, 2.05) is 0 Å². The Labute approximate surface area is 113 Å². The Kier molecular flexibility index (Phi) is 3.06. The SMILES string of the molecule is Nc1nc(Cl)cc2c1ncn2[C@@H]1O[C@H](CO)C[C@H]1O. The van der Waals surface area contributed by atoms with Gasteiger partial charge in [0, 0.05) is 12.5 Å². The van der Waals surface area contributed by atoms with Crippen molar-refractivity contribution in [1.29, 1.82) is 0 Å². The van der Waals surface area contributed by atoms with Crippen molar-refractivity contribution in [3.63, 3.8) is 0 Å². The maximum absolute atomic E-state index is 10.00. The van der Waals surface area contributed by atoms with E-state index in [1.165, 1.54) is 6.33 Å². The number of pyridine rings is 1. The van der Waals surface area contributed by atoms with Crippen molar-refractivity contribution in [2.45, 2.75) is 24.9 Å². The summed E-state index contributed by atoms with van der Waals surface area (Å²) in [7, 11) is 0. The minimum absolute atomic E-state index is 0.134. The number of nitrogens with zero attached hydrogens (tertiary/aromatic N) is 3. The smallest absolute Gasteiger partial charge is 0.161 e. The average Bonchev–Trinajstić information content (AvgIpc) is 2.92. The van der Waals surface area contributed by atoms with E-state index < -0.39 is 12.3 Å². The molecule has 1 aliphatic rings. The lowest BCUT2D eigenvalue weighted by atomic mass is 10.2. The third-order valence-electron chi connectivity index (χ3n) is 3.20. The van der Waals surface area contributed by atoms with Crippen LogP contribution in [-0.2, 0) is 4.74 Å². The van der Waals surface area contributed by atoms with Crippen LogP contribution >= 0.6 is 11.6 Å². The van der Waals surface area contributed by atoms with Gasteiger partial charge < -0.3 is 25.3 Å². The Balaban J connectivity index is 2.06. The van der Waals surface area contributed by atoms with Gasteiger partial charge in [-0.3, -0.25) is 0 Å². The lowest BCUT2D eigenvalue weighted by Crippen LogP contribution is -2.18. The number of halogens is 1. The maximum atomic E-state index is 10.00. The molecule has 1 saturated heterocycles. The lowest BCUT2D eigenvalue weighted by molar-refractivity contribution is -0.0484. The zero-order valence-electron chi connectivity index (χ0n) is 9.90. The van der Waals surface area contributed by atoms with Crippen LogP contribution in [0.2, 0.25) is 5.15 Å². The standard InChI is InChI=1S/C11H13ClN4O3/c12-8-2-6-9(10(13)15-8)14-4-16(6)11-7(18)1-5(3-17)19-11/h2,4-5,7,11,17-18H,1,3H2,(H2,13,15)/t5-,7+,11+/m0/s1. The molecule has 1 aliphatic heterocycles. The molecule has 102 valence electrons. The Morgan fingerprint density at radius 3 is 3.05 bits per heavy atom. The quantitative estimate of drug-likeness (QED) is 0.685. The van der Waals surface area contributed by atoms with Crippen molar-refractivity contribution in [2.75, 3.05) is 12.3 Å². The first-order valence-corrected chi connectivity index (χ1v) is 6.21. The minimum Gasteiger partial charge on any atom is -0.394 e. The fraction of sp³-hybridized carbons (Fsp3) is 0.455. The van der Waals surface area contributed by atoms with Crippen LogP contribution in [0.1, 0.15) is 12.6 Å². The second-order valence-corrected chi connectivity index (χ2v) is 4.87. The summed E-state index contributed by atoms with van der Waals surface area (Å²) in [4.78, 5) is 8.07. The Morgan fingerprint density at radius 1 is 1.58 bits per heavy atom. The summed E-state index contributed by atoms with van der Waals surface area (Å²) < 4.78 is 7.23. The molecule has 7 nitrogen and oxygen atoms in total. The molecule has 0 bridgehead atoms. The van der Waals surface area contributed by atoms with E-state index >= 15 is 0 Å². The Morgan fingerprint density at radius 2 is 2.37 bits per heavy atom. The summed E-state index contributed by atoms with van der Waals surface area (Å²) in [6.45, 7) is -0.134. The van der Waals surface area contributed by atoms with Crippen LogP contribution in [0.4, 0.5) is 5.82 Å². The van der Waals surface area contributed by atoms with Crippen LogP contribution in [0, 0.1) is 0 Å². The largest absolute Gasteiger partial charge is 0.394 e. The minimum atomic E-state index is -0.720. The van der Waals surface area contributed by atoms with Gasteiger partial charge in [-0.05, 0) is 0 Å². The van der Waals surface area contributed by atoms with E-state index in [2.05, 4.69) is 9.97 Å². The van der Waals surface area contributed by atoms with Crippen LogP contribution in [0.25, 0.3) is 11.0 Å². The van der Waals surface area contributed by atoms with Gasteiger partial charge in [-0.1, -0.05) is 11.6 Å². The summed E-state index contributed by atoms with van der Waals surface area (Å²) in [6.07, 6.45) is 0.178. The molecule has 0 amide bonds. The molecule has 3 atom stereocenters. The van der Waals surface area contributed by atoms with Crippen LogP contribution in [0.5, 0.6) is 0 Å². The first-order chi connectivity index (χ1) is 9.10. The zero-order chi connectivity index (χ0) is 13.6. The number of nitrogens with two attached hydrogens (primary N) is 1. The van der Waals surface area contributed by atoms with Crippen LogP contribution in [-0.4, -0.2) is 43.6 Å². The van der Waals surface area contributed by atoms with Gasteiger partial charge >= 0.3 is 0 Å². The number of aliphatic hydroxyl groups is 2. The van der Waals surface area contributed by atoms with Crippen LogP contribution in [0.3, 0.4) is 0 Å². The molecule has 0 unspecified atom stereocenters. The number of anilines is 1. The predicted octanol–water partition coefficient (Wildman–Crippen LogP) is 0.308. The Hall–Kier alpha value is -1.41. The van der Waals surface area contributed by atoms with Gasteiger partial charge in [0.25, 0.3) is 0 Å². The van der Waals surface area contributed by atoms with Crippen molar-refractivity contribution in [1.82, 2.24) is 14.5 Å². The molecule has 19 heavy (non-hydrogen) atoms. The van der Waals surface area contributed by atoms with E-state index in [1.54, 1.807) is 10.6 Å². The first-order valence-electron chi connectivity index (χ1n) is 5.83. The van der Waals surface area contributed by atoms with Crippen molar-refractivity contribution >= 4 is 28.5 Å². The predicted molar refractivity (Wildman–Crippen MR) is 68.6 cm³/mol. The molecule has 2 aromatic heterocycles. The van der Waals surface area contributed by atoms with E-state index in [0.717, 1.165) is 0 Å². The van der Waals surface area contributed by atoms with E-state index in [0.29, 0.717) is 17.5 Å². The maximum Gasteiger partial charge on any atom is 0.161 e. The molecule has 2 aromatic rings. The fourth-order valence-corrected chi connectivity index (χ4v) is 2.52. The molecule has 8 heteroatoms. The van der Waals surface area contributed by atoms with Gasteiger partial charge in [0.05, 0.1) is 24.6 Å². The van der Waals surface area contributed by atoms with Gasteiger partial charge in [-0.2, -0.15) is 0 Å². The zero-order valence-corrected chi connectivity index (χ0v) is 10.7. The number of nitrogen functional groups attached to an aromatic ring is 1. The van der Waals surface area contributed by atoms with Crippen LogP contribution < -0.4 is 5.73 Å². The number of hydrogen-bond acceptors (Lipinski definition) is 6. The molecule has 0 aliphatic carbocycles. The molecule has 1 fully saturated rings. The molecular weight excluding hydrogens is 272 g/mol. The van der Waals surface area contributed by atoms with E-state index in [9.17, 15) is 5.11 Å². The van der Waals surface area contributed by atoms with Crippen molar-refractivity contribution in [3.8, 4) is 0 Å². The van der Waals surface area contributed by atoms with Crippen LogP contribution in [0.15, 0.2) is 12.4 Å². The number of ether oxygens (including phenoxy) is 1. The summed E-state index contributed by atoms with van der Waals surface area (Å²) in [6, 6.07) is 1.61. The number of fused-ring (bicyclic) bond motifs is 1. The molecule has 0 radical (unpaired) electrons. The summed E-state index contributed by atoms with van der Waals surface area (Å²) >= 11 is 5.88. The highest BCUT2D eigenvalue weighted by Crippen LogP contribution is 2.32. The normalized spacial score (nSPS) is 27.2. The van der Waals surface area contributed by atoms with Gasteiger partial charge in [0.1, 0.15) is 16.8 Å². The molecule has 3 rings (SSSR count). The Bertz CT molecular complexity index is 617. The third-order valence-corrected chi connectivity index (χ3v) is 3.39. The average molecular weight is 285 g/mol. The first kappa shape index (κ1) is 12.6. The molecular formula is C11H13ClN4O3. The highest BCUT2D eigenvalue weighted by atomic mass is 35.5. The fourth-order valence-electron chi connectivity index (χ4n) is 2.32. The van der Waals surface area contributed by atoms with Gasteiger partial charge in [0.2, 0.25) is 0 Å². The van der Waals surface area contributed by atoms with E-state index in [-0.39, 0.29) is 23.7 Å². The molecule has 0 aromatic carbocycles. The second-order valence-electron chi connectivity index (χ2n) is 4.48. The van der Waals surface area contributed by atoms with Gasteiger partial charge in [0.15, 0.2) is 12.0 Å². The number of hydrogen-bond donors (Lipinski definition) is 3. The number of aliphatic hydroxyl groups excluding tert-OH is 2. The monoisotopic (exact) mass is 284 g/mol. The lowest BCUT2D eigenvalue weighted by Gasteiger charge is -2.17. The number of aromatic nitrogens is 3. The number of imidazole rings is 1. The topological polar surface area (TPSA) is 106 Å². The summed E-state index contributed by atoms with van der Waals surface area (Å²) in [5.74, 6) is 0.229. The molecule has 0 saturated carbocycles. The third kappa shape index (κ3) is 2.04. The second kappa shape index (κ2) is 4.61. The molecule has 3 heterocycles. The molecule has 0 spiro atoms. The van der Waals surface area contributed by atoms with Crippen molar-refractivity contribution < 1.29 is 14.9 Å². The summed E-state index contributed by atoms with van der Waals surface area (Å²) in [5.41, 5.74) is 6.89.